The Kier molecular flexibility index (Phi) is 6.71. The summed E-state index contributed by atoms with van der Waals surface area (Å²) in [6.07, 6.45) is 2.93. The van der Waals surface area contributed by atoms with Gasteiger partial charge in [0.1, 0.15) is 23.4 Å². The van der Waals surface area contributed by atoms with Gasteiger partial charge in [-0.05, 0) is 50.4 Å². The van der Waals surface area contributed by atoms with E-state index >= 15 is 0 Å². The highest BCUT2D eigenvalue weighted by Gasteiger charge is 2.20. The van der Waals surface area contributed by atoms with Crippen LogP contribution in [-0.2, 0) is 6.42 Å². The molecule has 0 fully saturated rings. The number of nitro groups is 1. The molecule has 3 rings (SSSR count). The topological polar surface area (TPSA) is 82.9 Å². The number of nitro benzene ring substituents is 1. The number of fused-ring (bicyclic) bond motifs is 1. The van der Waals surface area contributed by atoms with E-state index in [9.17, 15) is 10.1 Å². The van der Waals surface area contributed by atoms with Crippen LogP contribution < -0.4 is 19.5 Å². The highest BCUT2D eigenvalue weighted by atomic mass is 16.6. The SMILES string of the molecule is COc1ccc2c(c1)OC(CNCCCOc1cccc([N+](=O)[O-])c1C)CC2. The van der Waals surface area contributed by atoms with E-state index in [1.54, 1.807) is 26.2 Å². The van der Waals surface area contributed by atoms with Gasteiger partial charge in [0.15, 0.2) is 0 Å². The van der Waals surface area contributed by atoms with Crippen molar-refractivity contribution in [2.45, 2.75) is 32.3 Å². The van der Waals surface area contributed by atoms with Gasteiger partial charge in [-0.3, -0.25) is 10.1 Å². The Labute approximate surface area is 164 Å². The Morgan fingerprint density at radius 3 is 2.96 bits per heavy atom. The molecule has 150 valence electrons. The van der Waals surface area contributed by atoms with Crippen LogP contribution in [0.5, 0.6) is 17.2 Å². The van der Waals surface area contributed by atoms with E-state index in [1.807, 2.05) is 12.1 Å². The van der Waals surface area contributed by atoms with Gasteiger partial charge in [-0.1, -0.05) is 12.1 Å². The first-order valence-electron chi connectivity index (χ1n) is 9.49. The van der Waals surface area contributed by atoms with Crippen molar-refractivity contribution in [3.05, 3.63) is 57.6 Å². The molecule has 7 heteroatoms. The second-order valence-electron chi connectivity index (χ2n) is 6.82. The van der Waals surface area contributed by atoms with Gasteiger partial charge in [-0.2, -0.15) is 0 Å². The lowest BCUT2D eigenvalue weighted by molar-refractivity contribution is -0.385. The van der Waals surface area contributed by atoms with Crippen LogP contribution >= 0.6 is 0 Å². The fraction of sp³-hybridized carbons (Fsp3) is 0.429. The van der Waals surface area contributed by atoms with Crippen LogP contribution in [0.1, 0.15) is 24.0 Å². The molecule has 0 spiro atoms. The largest absolute Gasteiger partial charge is 0.497 e. The van der Waals surface area contributed by atoms with Gasteiger partial charge in [0.2, 0.25) is 0 Å². The summed E-state index contributed by atoms with van der Waals surface area (Å²) in [5, 5.41) is 14.4. The maximum Gasteiger partial charge on any atom is 0.276 e. The van der Waals surface area contributed by atoms with Crippen LogP contribution in [0.3, 0.4) is 0 Å². The molecule has 28 heavy (non-hydrogen) atoms. The minimum atomic E-state index is -0.387. The zero-order valence-corrected chi connectivity index (χ0v) is 16.3. The molecule has 1 N–H and O–H groups in total. The number of hydrogen-bond acceptors (Lipinski definition) is 6. The van der Waals surface area contributed by atoms with Crippen LogP contribution in [0.2, 0.25) is 0 Å². The molecule has 7 nitrogen and oxygen atoms in total. The second kappa shape index (κ2) is 9.41. The van der Waals surface area contributed by atoms with Crippen molar-refractivity contribution in [3.8, 4) is 17.2 Å². The van der Waals surface area contributed by atoms with Crippen molar-refractivity contribution in [2.75, 3.05) is 26.8 Å². The van der Waals surface area contributed by atoms with Gasteiger partial charge in [-0.25, -0.2) is 0 Å². The number of methoxy groups -OCH3 is 1. The standard InChI is InChI=1S/C21H26N2O5/c1-15-19(23(24)25)5-3-6-20(15)27-12-4-11-22-14-18-10-8-16-7-9-17(26-2)13-21(16)28-18/h3,5-7,9,13,18,22H,4,8,10-12,14H2,1-2H3. The van der Waals surface area contributed by atoms with Crippen molar-refractivity contribution in [3.63, 3.8) is 0 Å². The van der Waals surface area contributed by atoms with E-state index in [2.05, 4.69) is 11.4 Å². The molecule has 1 atom stereocenters. The summed E-state index contributed by atoms with van der Waals surface area (Å²) in [6.45, 7) is 3.77. The van der Waals surface area contributed by atoms with E-state index in [4.69, 9.17) is 14.2 Å². The normalized spacial score (nSPS) is 15.4. The number of benzene rings is 2. The molecule has 0 radical (unpaired) electrons. The summed E-state index contributed by atoms with van der Waals surface area (Å²) in [6, 6.07) is 10.9. The third-order valence-corrected chi connectivity index (χ3v) is 4.88. The first-order valence-corrected chi connectivity index (χ1v) is 9.49. The lowest BCUT2D eigenvalue weighted by Gasteiger charge is -2.26. The van der Waals surface area contributed by atoms with Crippen LogP contribution in [0.25, 0.3) is 0 Å². The molecular weight excluding hydrogens is 360 g/mol. The monoisotopic (exact) mass is 386 g/mol. The van der Waals surface area contributed by atoms with E-state index < -0.39 is 0 Å². The van der Waals surface area contributed by atoms with Crippen LogP contribution in [0, 0.1) is 17.0 Å². The van der Waals surface area contributed by atoms with E-state index in [-0.39, 0.29) is 16.7 Å². The lowest BCUT2D eigenvalue weighted by atomic mass is 10.0. The highest BCUT2D eigenvalue weighted by Crippen LogP contribution is 2.31. The molecular formula is C21H26N2O5. The third kappa shape index (κ3) is 4.92. The predicted molar refractivity (Wildman–Crippen MR) is 107 cm³/mol. The van der Waals surface area contributed by atoms with Crippen molar-refractivity contribution < 1.29 is 19.1 Å². The molecule has 1 unspecified atom stereocenters. The van der Waals surface area contributed by atoms with E-state index in [1.165, 1.54) is 11.6 Å². The number of hydrogen-bond donors (Lipinski definition) is 1. The molecule has 2 aromatic carbocycles. The minimum absolute atomic E-state index is 0.0852. The quantitative estimate of drug-likeness (QED) is 0.402. The van der Waals surface area contributed by atoms with Crippen LogP contribution in [-0.4, -0.2) is 37.8 Å². The van der Waals surface area contributed by atoms with Crippen molar-refractivity contribution in [1.29, 1.82) is 0 Å². The Bertz CT molecular complexity index is 824. The molecule has 2 aromatic rings. The highest BCUT2D eigenvalue weighted by molar-refractivity contribution is 5.48. The van der Waals surface area contributed by atoms with Gasteiger partial charge in [0, 0.05) is 18.7 Å². The van der Waals surface area contributed by atoms with E-state index in [0.717, 1.165) is 43.9 Å². The first kappa shape index (κ1) is 19.9. The van der Waals surface area contributed by atoms with Gasteiger partial charge in [0.25, 0.3) is 5.69 Å². The average Bonchev–Trinajstić information content (AvgIpc) is 2.70. The fourth-order valence-corrected chi connectivity index (χ4v) is 3.28. The van der Waals surface area contributed by atoms with Crippen molar-refractivity contribution in [1.82, 2.24) is 5.32 Å². The summed E-state index contributed by atoms with van der Waals surface area (Å²) in [5.41, 5.74) is 1.87. The van der Waals surface area contributed by atoms with Gasteiger partial charge in [-0.15, -0.1) is 0 Å². The minimum Gasteiger partial charge on any atom is -0.497 e. The Hall–Kier alpha value is -2.80. The molecule has 1 aliphatic heterocycles. The van der Waals surface area contributed by atoms with Crippen molar-refractivity contribution in [2.24, 2.45) is 0 Å². The lowest BCUT2D eigenvalue weighted by Crippen LogP contribution is -2.35. The number of nitrogens with zero attached hydrogens (tertiary/aromatic N) is 1. The van der Waals surface area contributed by atoms with Gasteiger partial charge in [0.05, 0.1) is 24.2 Å². The Balaban J connectivity index is 1.38. The van der Waals surface area contributed by atoms with Crippen molar-refractivity contribution >= 4 is 5.69 Å². The van der Waals surface area contributed by atoms with E-state index in [0.29, 0.717) is 17.9 Å². The number of rotatable bonds is 9. The predicted octanol–water partition coefficient (Wildman–Crippen LogP) is 3.66. The second-order valence-corrected chi connectivity index (χ2v) is 6.82. The molecule has 0 aliphatic carbocycles. The summed E-state index contributed by atoms with van der Waals surface area (Å²) >= 11 is 0. The summed E-state index contributed by atoms with van der Waals surface area (Å²) < 4.78 is 17.0. The molecule has 1 heterocycles. The number of nitrogens with one attached hydrogen (secondary N) is 1. The molecule has 0 saturated heterocycles. The Morgan fingerprint density at radius 1 is 1.32 bits per heavy atom. The molecule has 1 aliphatic rings. The van der Waals surface area contributed by atoms with Crippen LogP contribution in [0.4, 0.5) is 5.69 Å². The number of aryl methyl sites for hydroxylation is 1. The average molecular weight is 386 g/mol. The zero-order valence-electron chi connectivity index (χ0n) is 16.3. The molecule has 0 bridgehead atoms. The van der Waals surface area contributed by atoms with Gasteiger partial charge < -0.3 is 19.5 Å². The maximum atomic E-state index is 11.0. The summed E-state index contributed by atoms with van der Waals surface area (Å²) in [7, 11) is 1.65. The molecule has 0 aromatic heterocycles. The van der Waals surface area contributed by atoms with Crippen LogP contribution in [0.15, 0.2) is 36.4 Å². The number of ether oxygens (including phenoxy) is 3. The Morgan fingerprint density at radius 2 is 2.18 bits per heavy atom. The summed E-state index contributed by atoms with van der Waals surface area (Å²) in [5.74, 6) is 2.28. The molecule has 0 amide bonds. The zero-order chi connectivity index (χ0) is 19.9. The first-order chi connectivity index (χ1) is 13.6. The fourth-order valence-electron chi connectivity index (χ4n) is 3.28. The third-order valence-electron chi connectivity index (χ3n) is 4.88. The summed E-state index contributed by atoms with van der Waals surface area (Å²) in [4.78, 5) is 10.6. The smallest absolute Gasteiger partial charge is 0.276 e. The van der Waals surface area contributed by atoms with Gasteiger partial charge >= 0.3 is 0 Å². The molecule has 0 saturated carbocycles. The maximum absolute atomic E-state index is 11.0.